The van der Waals surface area contributed by atoms with E-state index in [1.807, 2.05) is 0 Å². The van der Waals surface area contributed by atoms with E-state index >= 15 is 0 Å². The normalized spacial score (nSPS) is 10.4. The standard InChI is InChI=1S/C9H8N2O2S/c1-2-13-9(12)6-3-7-8(10-4-6)11-5-14-7/h3-5H,2H2,1H3. The van der Waals surface area contributed by atoms with Gasteiger partial charge in [0.2, 0.25) is 0 Å². The van der Waals surface area contributed by atoms with Crippen LogP contribution in [-0.2, 0) is 4.74 Å². The summed E-state index contributed by atoms with van der Waals surface area (Å²) < 4.78 is 5.76. The molecule has 14 heavy (non-hydrogen) atoms. The second-order valence-corrected chi connectivity index (χ2v) is 3.50. The van der Waals surface area contributed by atoms with Crippen LogP contribution in [0.4, 0.5) is 0 Å². The van der Waals surface area contributed by atoms with Crippen LogP contribution < -0.4 is 0 Å². The fourth-order valence-corrected chi connectivity index (χ4v) is 1.75. The summed E-state index contributed by atoms with van der Waals surface area (Å²) in [6, 6.07) is 1.75. The molecule has 0 atom stereocenters. The van der Waals surface area contributed by atoms with Gasteiger partial charge in [-0.1, -0.05) is 0 Å². The largest absolute Gasteiger partial charge is 0.462 e. The first kappa shape index (κ1) is 9.08. The van der Waals surface area contributed by atoms with E-state index in [0.717, 1.165) is 4.70 Å². The highest BCUT2D eigenvalue weighted by Crippen LogP contribution is 2.16. The van der Waals surface area contributed by atoms with E-state index in [4.69, 9.17) is 4.74 Å². The second kappa shape index (κ2) is 3.71. The van der Waals surface area contributed by atoms with E-state index in [0.29, 0.717) is 17.8 Å². The van der Waals surface area contributed by atoms with Gasteiger partial charge >= 0.3 is 5.97 Å². The molecule has 72 valence electrons. The van der Waals surface area contributed by atoms with Crippen LogP contribution in [-0.4, -0.2) is 22.5 Å². The van der Waals surface area contributed by atoms with Crippen LogP contribution in [0.3, 0.4) is 0 Å². The maximum atomic E-state index is 11.3. The third kappa shape index (κ3) is 1.58. The Morgan fingerprint density at radius 1 is 1.57 bits per heavy atom. The lowest BCUT2D eigenvalue weighted by Gasteiger charge is -1.99. The van der Waals surface area contributed by atoms with Gasteiger partial charge in [0.05, 0.1) is 22.4 Å². The van der Waals surface area contributed by atoms with Gasteiger partial charge in [0.25, 0.3) is 0 Å². The lowest BCUT2D eigenvalue weighted by atomic mass is 10.3. The first-order valence-corrected chi connectivity index (χ1v) is 5.05. The van der Waals surface area contributed by atoms with Crippen molar-refractivity contribution in [3.8, 4) is 0 Å². The number of ether oxygens (including phenoxy) is 1. The summed E-state index contributed by atoms with van der Waals surface area (Å²) in [4.78, 5) is 19.4. The Morgan fingerprint density at radius 2 is 2.43 bits per heavy atom. The molecule has 2 heterocycles. The van der Waals surface area contributed by atoms with Gasteiger partial charge < -0.3 is 4.74 Å². The van der Waals surface area contributed by atoms with Crippen molar-refractivity contribution >= 4 is 27.7 Å². The van der Waals surface area contributed by atoms with Gasteiger partial charge in [0.15, 0.2) is 5.65 Å². The van der Waals surface area contributed by atoms with Crippen molar-refractivity contribution in [2.24, 2.45) is 0 Å². The van der Waals surface area contributed by atoms with Crippen molar-refractivity contribution in [2.75, 3.05) is 6.61 Å². The fraction of sp³-hybridized carbons (Fsp3) is 0.222. The summed E-state index contributed by atoms with van der Waals surface area (Å²) in [6.07, 6.45) is 1.49. The molecule has 2 rings (SSSR count). The Hall–Kier alpha value is -1.49. The van der Waals surface area contributed by atoms with Gasteiger partial charge in [-0.05, 0) is 13.0 Å². The molecule has 0 radical (unpaired) electrons. The minimum atomic E-state index is -0.338. The van der Waals surface area contributed by atoms with Crippen LogP contribution in [0, 0.1) is 0 Å². The minimum absolute atomic E-state index is 0.338. The van der Waals surface area contributed by atoms with Crippen molar-refractivity contribution in [3.05, 3.63) is 23.3 Å². The molecule has 0 fully saturated rings. The van der Waals surface area contributed by atoms with Crippen molar-refractivity contribution in [3.63, 3.8) is 0 Å². The molecule has 0 amide bonds. The van der Waals surface area contributed by atoms with Gasteiger partial charge in [-0.3, -0.25) is 0 Å². The number of hydrogen-bond donors (Lipinski definition) is 0. The highest BCUT2D eigenvalue weighted by Gasteiger charge is 2.08. The Labute approximate surface area is 84.6 Å². The van der Waals surface area contributed by atoms with Crippen LogP contribution in [0.2, 0.25) is 0 Å². The average molecular weight is 208 g/mol. The summed E-state index contributed by atoms with van der Waals surface area (Å²) in [5.41, 5.74) is 2.85. The first-order chi connectivity index (χ1) is 6.81. The van der Waals surface area contributed by atoms with E-state index in [-0.39, 0.29) is 5.97 Å². The highest BCUT2D eigenvalue weighted by molar-refractivity contribution is 7.16. The zero-order valence-corrected chi connectivity index (χ0v) is 8.37. The Balaban J connectivity index is 2.38. The van der Waals surface area contributed by atoms with Gasteiger partial charge in [0, 0.05) is 6.20 Å². The minimum Gasteiger partial charge on any atom is -0.462 e. The SMILES string of the molecule is CCOC(=O)c1cnc2ncsc2c1. The molecule has 0 N–H and O–H groups in total. The quantitative estimate of drug-likeness (QED) is 0.707. The maximum absolute atomic E-state index is 11.3. The summed E-state index contributed by atoms with van der Waals surface area (Å²) in [5.74, 6) is -0.338. The summed E-state index contributed by atoms with van der Waals surface area (Å²) in [7, 11) is 0. The Morgan fingerprint density at radius 3 is 3.21 bits per heavy atom. The number of carbonyl (C=O) groups excluding carboxylic acids is 1. The number of esters is 1. The number of hydrogen-bond acceptors (Lipinski definition) is 5. The van der Waals surface area contributed by atoms with Crippen LogP contribution >= 0.6 is 11.3 Å². The number of carbonyl (C=O) groups is 1. The van der Waals surface area contributed by atoms with Gasteiger partial charge in [-0.2, -0.15) is 0 Å². The monoisotopic (exact) mass is 208 g/mol. The van der Waals surface area contributed by atoms with Crippen molar-refractivity contribution in [1.82, 2.24) is 9.97 Å². The molecule has 2 aromatic rings. The molecule has 0 unspecified atom stereocenters. The topological polar surface area (TPSA) is 52.1 Å². The molecule has 0 saturated heterocycles. The zero-order chi connectivity index (χ0) is 9.97. The molecule has 0 aliphatic rings. The van der Waals surface area contributed by atoms with E-state index in [2.05, 4.69) is 9.97 Å². The predicted molar refractivity (Wildman–Crippen MR) is 53.4 cm³/mol. The lowest BCUT2D eigenvalue weighted by molar-refractivity contribution is 0.0526. The van der Waals surface area contributed by atoms with Crippen molar-refractivity contribution in [1.29, 1.82) is 0 Å². The van der Waals surface area contributed by atoms with Crippen LogP contribution in [0.25, 0.3) is 10.3 Å². The molecular formula is C9H8N2O2S. The smallest absolute Gasteiger partial charge is 0.339 e. The summed E-state index contributed by atoms with van der Waals surface area (Å²) in [5, 5.41) is 0. The zero-order valence-electron chi connectivity index (χ0n) is 7.56. The predicted octanol–water partition coefficient (Wildman–Crippen LogP) is 1.87. The number of nitrogens with zero attached hydrogens (tertiary/aromatic N) is 2. The summed E-state index contributed by atoms with van der Waals surface area (Å²) >= 11 is 1.46. The maximum Gasteiger partial charge on any atom is 0.339 e. The van der Waals surface area contributed by atoms with Crippen LogP contribution in [0.15, 0.2) is 17.8 Å². The van der Waals surface area contributed by atoms with Crippen molar-refractivity contribution in [2.45, 2.75) is 6.92 Å². The second-order valence-electron chi connectivity index (χ2n) is 2.62. The molecule has 4 nitrogen and oxygen atoms in total. The average Bonchev–Trinajstić information content (AvgIpc) is 2.64. The number of thiazole rings is 1. The highest BCUT2D eigenvalue weighted by atomic mass is 32.1. The molecule has 0 bridgehead atoms. The molecule has 0 aliphatic heterocycles. The summed E-state index contributed by atoms with van der Waals surface area (Å²) in [6.45, 7) is 2.15. The fourth-order valence-electron chi connectivity index (χ4n) is 1.08. The number of pyridine rings is 1. The molecule has 0 aliphatic carbocycles. The van der Waals surface area contributed by atoms with Crippen molar-refractivity contribution < 1.29 is 9.53 Å². The van der Waals surface area contributed by atoms with Gasteiger partial charge in [-0.25, -0.2) is 14.8 Å². The van der Waals surface area contributed by atoms with Gasteiger partial charge in [0.1, 0.15) is 0 Å². The Kier molecular flexibility index (Phi) is 2.41. The molecule has 0 spiro atoms. The number of fused-ring (bicyclic) bond motifs is 1. The van der Waals surface area contributed by atoms with Crippen LogP contribution in [0.5, 0.6) is 0 Å². The lowest BCUT2D eigenvalue weighted by Crippen LogP contribution is -2.04. The number of rotatable bonds is 2. The molecule has 5 heteroatoms. The third-order valence-corrected chi connectivity index (χ3v) is 2.46. The molecule has 2 aromatic heterocycles. The molecule has 0 aromatic carbocycles. The molecular weight excluding hydrogens is 200 g/mol. The number of aromatic nitrogens is 2. The third-order valence-electron chi connectivity index (χ3n) is 1.70. The molecule has 0 saturated carbocycles. The Bertz CT molecular complexity index is 467. The van der Waals surface area contributed by atoms with E-state index in [1.165, 1.54) is 17.5 Å². The van der Waals surface area contributed by atoms with Gasteiger partial charge in [-0.15, -0.1) is 11.3 Å². The van der Waals surface area contributed by atoms with E-state index in [1.54, 1.807) is 18.5 Å². The van der Waals surface area contributed by atoms with E-state index < -0.39 is 0 Å². The van der Waals surface area contributed by atoms with Crippen LogP contribution in [0.1, 0.15) is 17.3 Å². The first-order valence-electron chi connectivity index (χ1n) is 4.17. The van der Waals surface area contributed by atoms with E-state index in [9.17, 15) is 4.79 Å².